The molecule has 1 nitrogen and oxygen atoms in total. The molecule has 3 heteroatoms. The van der Waals surface area contributed by atoms with Crippen molar-refractivity contribution in [3.8, 4) is 0 Å². The minimum Gasteiger partial charge on any atom is -0.325 e. The molecule has 0 heterocycles. The van der Waals surface area contributed by atoms with Gasteiger partial charge in [0.1, 0.15) is 11.6 Å². The lowest BCUT2D eigenvalue weighted by Gasteiger charge is -2.24. The van der Waals surface area contributed by atoms with Crippen LogP contribution in [0.15, 0.2) is 18.2 Å². The smallest absolute Gasteiger partial charge is 0.126 e. The van der Waals surface area contributed by atoms with Crippen LogP contribution in [0.4, 0.5) is 8.78 Å². The van der Waals surface area contributed by atoms with E-state index >= 15 is 0 Å². The van der Waals surface area contributed by atoms with Crippen molar-refractivity contribution in [2.24, 2.45) is 11.7 Å². The molecule has 15 heavy (non-hydrogen) atoms. The Morgan fingerprint density at radius 1 is 1.40 bits per heavy atom. The minimum atomic E-state index is -0.408. The van der Waals surface area contributed by atoms with Gasteiger partial charge in [0.2, 0.25) is 0 Å². The topological polar surface area (TPSA) is 26.0 Å². The normalized spacial score (nSPS) is 20.0. The number of hydrogen-bond donors (Lipinski definition) is 1. The predicted molar refractivity (Wildman–Crippen MR) is 55.4 cm³/mol. The van der Waals surface area contributed by atoms with E-state index < -0.39 is 11.4 Å². The minimum absolute atomic E-state index is 0.367. The number of hydrogen-bond acceptors (Lipinski definition) is 1. The fourth-order valence-corrected chi connectivity index (χ4v) is 1.98. The van der Waals surface area contributed by atoms with Gasteiger partial charge < -0.3 is 5.73 Å². The molecule has 1 aromatic rings. The fourth-order valence-electron chi connectivity index (χ4n) is 1.98. The van der Waals surface area contributed by atoms with Crippen LogP contribution in [0.25, 0.3) is 0 Å². The second-order valence-corrected chi connectivity index (χ2v) is 4.69. The summed E-state index contributed by atoms with van der Waals surface area (Å²) < 4.78 is 26.3. The monoisotopic (exact) mass is 211 g/mol. The molecular weight excluding hydrogens is 196 g/mol. The van der Waals surface area contributed by atoms with Crippen molar-refractivity contribution < 1.29 is 8.78 Å². The van der Waals surface area contributed by atoms with Gasteiger partial charge in [0, 0.05) is 5.54 Å². The summed E-state index contributed by atoms with van der Waals surface area (Å²) in [5, 5.41) is 0. The zero-order chi connectivity index (χ0) is 11.1. The molecular formula is C12H15F2N. The van der Waals surface area contributed by atoms with Crippen molar-refractivity contribution in [2.45, 2.75) is 31.7 Å². The SMILES string of the molecule is CC(N)(Cc1cc(F)ccc1F)C1CC1. The number of benzene rings is 1. The van der Waals surface area contributed by atoms with E-state index in [1.807, 2.05) is 6.92 Å². The van der Waals surface area contributed by atoms with E-state index in [0.717, 1.165) is 25.0 Å². The van der Waals surface area contributed by atoms with Crippen molar-refractivity contribution >= 4 is 0 Å². The average Bonchev–Trinajstić information content (AvgIpc) is 2.93. The second-order valence-electron chi connectivity index (χ2n) is 4.69. The average molecular weight is 211 g/mol. The molecule has 2 rings (SSSR count). The van der Waals surface area contributed by atoms with Gasteiger partial charge in [-0.25, -0.2) is 8.78 Å². The molecule has 1 aliphatic carbocycles. The summed E-state index contributed by atoms with van der Waals surface area (Å²) in [7, 11) is 0. The molecule has 0 saturated heterocycles. The van der Waals surface area contributed by atoms with Crippen LogP contribution in [-0.4, -0.2) is 5.54 Å². The van der Waals surface area contributed by atoms with E-state index in [4.69, 9.17) is 5.73 Å². The molecule has 0 aromatic heterocycles. The molecule has 0 spiro atoms. The van der Waals surface area contributed by atoms with E-state index in [1.54, 1.807) is 0 Å². The van der Waals surface area contributed by atoms with E-state index in [1.165, 1.54) is 6.07 Å². The van der Waals surface area contributed by atoms with Crippen LogP contribution >= 0.6 is 0 Å². The van der Waals surface area contributed by atoms with E-state index in [-0.39, 0.29) is 5.82 Å². The molecule has 1 fully saturated rings. The van der Waals surface area contributed by atoms with Crippen molar-refractivity contribution in [3.63, 3.8) is 0 Å². The van der Waals surface area contributed by atoms with Gasteiger partial charge >= 0.3 is 0 Å². The van der Waals surface area contributed by atoms with Crippen molar-refractivity contribution in [1.82, 2.24) is 0 Å². The van der Waals surface area contributed by atoms with Crippen molar-refractivity contribution in [1.29, 1.82) is 0 Å². The highest BCUT2D eigenvalue weighted by Crippen LogP contribution is 2.39. The molecule has 0 bridgehead atoms. The molecule has 0 aliphatic heterocycles. The molecule has 0 amide bonds. The van der Waals surface area contributed by atoms with Crippen LogP contribution in [0.5, 0.6) is 0 Å². The Morgan fingerprint density at radius 2 is 2.07 bits per heavy atom. The van der Waals surface area contributed by atoms with Gasteiger partial charge in [-0.05, 0) is 55.9 Å². The summed E-state index contributed by atoms with van der Waals surface area (Å²) in [4.78, 5) is 0. The fraction of sp³-hybridized carbons (Fsp3) is 0.500. The van der Waals surface area contributed by atoms with Gasteiger partial charge in [-0.3, -0.25) is 0 Å². The molecule has 2 N–H and O–H groups in total. The van der Waals surface area contributed by atoms with Crippen LogP contribution in [0.2, 0.25) is 0 Å². The molecule has 1 saturated carbocycles. The van der Waals surface area contributed by atoms with Crippen LogP contribution in [-0.2, 0) is 6.42 Å². The first-order chi connectivity index (χ1) is 6.99. The predicted octanol–water partition coefficient (Wildman–Crippen LogP) is 2.63. The summed E-state index contributed by atoms with van der Waals surface area (Å²) in [6.07, 6.45) is 2.61. The van der Waals surface area contributed by atoms with E-state index in [0.29, 0.717) is 17.9 Å². The third-order valence-electron chi connectivity index (χ3n) is 3.09. The van der Waals surface area contributed by atoms with Gasteiger partial charge in [0.05, 0.1) is 0 Å². The zero-order valence-electron chi connectivity index (χ0n) is 8.76. The summed E-state index contributed by atoms with van der Waals surface area (Å²) in [6, 6.07) is 3.53. The first-order valence-electron chi connectivity index (χ1n) is 5.22. The Morgan fingerprint density at radius 3 is 2.67 bits per heavy atom. The Labute approximate surface area is 88.3 Å². The Hall–Kier alpha value is -0.960. The van der Waals surface area contributed by atoms with Gasteiger partial charge in [-0.15, -0.1) is 0 Å². The number of halogens is 2. The van der Waals surface area contributed by atoms with Gasteiger partial charge in [0.15, 0.2) is 0 Å². The van der Waals surface area contributed by atoms with E-state index in [2.05, 4.69) is 0 Å². The maximum Gasteiger partial charge on any atom is 0.126 e. The van der Waals surface area contributed by atoms with Crippen molar-refractivity contribution in [2.75, 3.05) is 0 Å². The van der Waals surface area contributed by atoms with Gasteiger partial charge in [0.25, 0.3) is 0 Å². The maximum absolute atomic E-state index is 13.4. The maximum atomic E-state index is 13.4. The van der Waals surface area contributed by atoms with Crippen LogP contribution in [0.3, 0.4) is 0 Å². The Balaban J connectivity index is 2.19. The summed E-state index contributed by atoms with van der Waals surface area (Å²) in [5.41, 5.74) is 6.06. The Bertz CT molecular complexity index is 370. The summed E-state index contributed by atoms with van der Waals surface area (Å²) >= 11 is 0. The number of nitrogens with two attached hydrogens (primary N) is 1. The largest absolute Gasteiger partial charge is 0.325 e. The third-order valence-corrected chi connectivity index (χ3v) is 3.09. The number of rotatable bonds is 3. The van der Waals surface area contributed by atoms with Crippen LogP contribution in [0, 0.1) is 17.6 Å². The molecule has 82 valence electrons. The van der Waals surface area contributed by atoms with Crippen LogP contribution < -0.4 is 5.73 Å². The summed E-state index contributed by atoms with van der Waals surface area (Å²) in [5.74, 6) is -0.313. The lowest BCUT2D eigenvalue weighted by atomic mass is 9.89. The first kappa shape index (κ1) is 10.6. The van der Waals surface area contributed by atoms with Gasteiger partial charge in [-0.2, -0.15) is 0 Å². The van der Waals surface area contributed by atoms with E-state index in [9.17, 15) is 8.78 Å². The Kier molecular flexibility index (Phi) is 2.51. The third kappa shape index (κ3) is 2.34. The molecule has 0 radical (unpaired) electrons. The molecule has 1 aromatic carbocycles. The highest BCUT2D eigenvalue weighted by atomic mass is 19.1. The van der Waals surface area contributed by atoms with Crippen LogP contribution in [0.1, 0.15) is 25.3 Å². The van der Waals surface area contributed by atoms with Crippen molar-refractivity contribution in [3.05, 3.63) is 35.4 Å². The molecule has 1 aliphatic rings. The summed E-state index contributed by atoms with van der Waals surface area (Å²) in [6.45, 7) is 1.91. The molecule has 1 atom stereocenters. The molecule has 1 unspecified atom stereocenters. The highest BCUT2D eigenvalue weighted by Gasteiger charge is 2.38. The van der Waals surface area contributed by atoms with Gasteiger partial charge in [-0.1, -0.05) is 0 Å². The lowest BCUT2D eigenvalue weighted by Crippen LogP contribution is -2.41. The highest BCUT2D eigenvalue weighted by molar-refractivity contribution is 5.22. The lowest BCUT2D eigenvalue weighted by molar-refractivity contribution is 0.398. The second kappa shape index (κ2) is 3.56. The first-order valence-corrected chi connectivity index (χ1v) is 5.22. The zero-order valence-corrected chi connectivity index (χ0v) is 8.76. The standard InChI is InChI=1S/C12H15F2N/c1-12(15,9-2-3-9)7-8-6-10(13)4-5-11(8)14/h4-6,9H,2-3,7,15H2,1H3. The quantitative estimate of drug-likeness (QED) is 0.817.